The third-order valence-corrected chi connectivity index (χ3v) is 3.95. The van der Waals surface area contributed by atoms with Gasteiger partial charge in [-0.15, -0.1) is 0 Å². The number of carboxylic acid groups (broad SMARTS) is 1. The van der Waals surface area contributed by atoms with Crippen molar-refractivity contribution in [3.8, 4) is 0 Å². The molecule has 2 N–H and O–H groups in total. The highest BCUT2D eigenvalue weighted by molar-refractivity contribution is 5.86. The summed E-state index contributed by atoms with van der Waals surface area (Å²) in [5.74, 6) is -2.05. The number of hydrogen-bond acceptors (Lipinski definition) is 5. The van der Waals surface area contributed by atoms with Gasteiger partial charge in [-0.3, -0.25) is 14.8 Å². The van der Waals surface area contributed by atoms with E-state index in [-0.39, 0.29) is 37.9 Å². The maximum absolute atomic E-state index is 12.6. The van der Waals surface area contributed by atoms with Crippen LogP contribution in [0.1, 0.15) is 32.6 Å². The van der Waals surface area contributed by atoms with Gasteiger partial charge in [0.2, 0.25) is 12.3 Å². The van der Waals surface area contributed by atoms with Crippen LogP contribution in [0, 0.1) is 5.92 Å². The lowest BCUT2D eigenvalue weighted by Crippen LogP contribution is -2.46. The molecule has 0 radical (unpaired) electrons. The van der Waals surface area contributed by atoms with Gasteiger partial charge in [0.05, 0.1) is 18.6 Å². The van der Waals surface area contributed by atoms with Crippen LogP contribution in [0.15, 0.2) is 0 Å². The van der Waals surface area contributed by atoms with Crippen LogP contribution in [0.4, 0.5) is 0 Å². The Bertz CT molecular complexity index is 403. The summed E-state index contributed by atoms with van der Waals surface area (Å²) in [7, 11) is 1.48. The molecule has 1 rings (SSSR count). The Labute approximate surface area is 129 Å². The number of carbonyl (C=O) groups excluding carboxylic acids is 2. The van der Waals surface area contributed by atoms with Gasteiger partial charge in [0.25, 0.3) is 0 Å². The summed E-state index contributed by atoms with van der Waals surface area (Å²) >= 11 is 0. The molecule has 0 saturated carbocycles. The van der Waals surface area contributed by atoms with E-state index in [2.05, 4.69) is 0 Å². The number of ether oxygens (including phenoxy) is 1. The normalized spacial score (nSPS) is 22.4. The first-order valence-electron chi connectivity index (χ1n) is 7.41. The fourth-order valence-corrected chi connectivity index (χ4v) is 2.69. The average Bonchev–Trinajstić information content (AvgIpc) is 2.95. The van der Waals surface area contributed by atoms with E-state index in [1.165, 1.54) is 12.0 Å². The zero-order chi connectivity index (χ0) is 16.7. The highest BCUT2D eigenvalue weighted by Gasteiger charge is 2.41. The van der Waals surface area contributed by atoms with Crippen LogP contribution in [-0.4, -0.2) is 70.9 Å². The van der Waals surface area contributed by atoms with Crippen LogP contribution >= 0.6 is 0 Å². The van der Waals surface area contributed by atoms with Gasteiger partial charge in [0.15, 0.2) is 0 Å². The summed E-state index contributed by atoms with van der Waals surface area (Å²) < 4.78 is 5.16. The predicted molar refractivity (Wildman–Crippen MR) is 76.1 cm³/mol. The molecule has 2 unspecified atom stereocenters. The molecule has 8 nitrogen and oxygen atoms in total. The molecule has 0 aromatic carbocycles. The molecule has 0 aliphatic carbocycles. The van der Waals surface area contributed by atoms with Crippen LogP contribution in [0.5, 0.6) is 0 Å². The van der Waals surface area contributed by atoms with E-state index in [0.29, 0.717) is 11.5 Å². The fourth-order valence-electron chi connectivity index (χ4n) is 2.69. The molecule has 8 heteroatoms. The van der Waals surface area contributed by atoms with Crippen molar-refractivity contribution >= 4 is 18.3 Å². The number of hydrogen-bond donors (Lipinski definition) is 2. The summed E-state index contributed by atoms with van der Waals surface area (Å²) in [6.07, 6.45) is 2.27. The second kappa shape index (κ2) is 8.70. The largest absolute Gasteiger partial charge is 0.480 e. The molecule has 1 aliphatic heterocycles. The zero-order valence-electron chi connectivity index (χ0n) is 13.0. The third-order valence-electron chi connectivity index (χ3n) is 3.95. The number of unbranched alkanes of at least 4 members (excludes halogenated alkanes) is 1. The van der Waals surface area contributed by atoms with E-state index in [1.54, 1.807) is 0 Å². The van der Waals surface area contributed by atoms with E-state index in [1.807, 2.05) is 6.92 Å². The number of aliphatic carboxylic acids is 1. The van der Waals surface area contributed by atoms with Crippen LogP contribution in [0.2, 0.25) is 0 Å². The molecular weight excluding hydrogens is 292 g/mol. The lowest BCUT2D eigenvalue weighted by Gasteiger charge is -2.27. The topological polar surface area (TPSA) is 107 Å². The maximum atomic E-state index is 12.6. The van der Waals surface area contributed by atoms with E-state index < -0.39 is 17.9 Å². The molecule has 126 valence electrons. The Kier molecular flexibility index (Phi) is 7.26. The zero-order valence-corrected chi connectivity index (χ0v) is 13.0. The van der Waals surface area contributed by atoms with E-state index in [9.17, 15) is 24.7 Å². The maximum Gasteiger partial charge on any atom is 0.326 e. The van der Waals surface area contributed by atoms with Gasteiger partial charge in [0, 0.05) is 20.1 Å². The SMILES string of the molecule is CCCC[C@H](CN(O)C=O)C(=O)N1CC(OC)CC1C(=O)O. The molecule has 3 atom stereocenters. The first-order valence-corrected chi connectivity index (χ1v) is 7.41. The van der Waals surface area contributed by atoms with Crippen molar-refractivity contribution in [2.24, 2.45) is 5.92 Å². The number of likely N-dealkylation sites (tertiary alicyclic amines) is 1. The van der Waals surface area contributed by atoms with Crippen molar-refractivity contribution < 1.29 is 29.4 Å². The summed E-state index contributed by atoms with van der Waals surface area (Å²) in [5.41, 5.74) is 0. The van der Waals surface area contributed by atoms with Crippen LogP contribution < -0.4 is 0 Å². The number of carboxylic acids is 1. The Morgan fingerprint density at radius 1 is 1.50 bits per heavy atom. The van der Waals surface area contributed by atoms with Gasteiger partial charge in [-0.1, -0.05) is 19.8 Å². The van der Waals surface area contributed by atoms with Gasteiger partial charge in [-0.25, -0.2) is 9.86 Å². The fraction of sp³-hybridized carbons (Fsp3) is 0.786. The molecule has 0 bridgehead atoms. The molecule has 0 aromatic rings. The highest BCUT2D eigenvalue weighted by atomic mass is 16.5. The lowest BCUT2D eigenvalue weighted by atomic mass is 10.00. The highest BCUT2D eigenvalue weighted by Crippen LogP contribution is 2.24. The van der Waals surface area contributed by atoms with Crippen molar-refractivity contribution in [2.75, 3.05) is 20.2 Å². The first kappa shape index (κ1) is 18.4. The number of rotatable bonds is 9. The van der Waals surface area contributed by atoms with Crippen molar-refractivity contribution in [3.05, 3.63) is 0 Å². The average molecular weight is 316 g/mol. The number of carbonyl (C=O) groups is 3. The van der Waals surface area contributed by atoms with Gasteiger partial charge in [-0.2, -0.15) is 0 Å². The monoisotopic (exact) mass is 316 g/mol. The Morgan fingerprint density at radius 2 is 2.18 bits per heavy atom. The molecule has 1 fully saturated rings. The van der Waals surface area contributed by atoms with Crippen LogP contribution in [0.3, 0.4) is 0 Å². The minimum atomic E-state index is -1.07. The van der Waals surface area contributed by atoms with Crippen molar-refractivity contribution in [1.29, 1.82) is 0 Å². The lowest BCUT2D eigenvalue weighted by molar-refractivity contribution is -0.159. The number of nitrogens with zero attached hydrogens (tertiary/aromatic N) is 2. The Balaban J connectivity index is 2.85. The first-order chi connectivity index (χ1) is 10.4. The molecule has 0 aromatic heterocycles. The number of amides is 2. The van der Waals surface area contributed by atoms with Crippen LogP contribution in [0.25, 0.3) is 0 Å². The van der Waals surface area contributed by atoms with Crippen molar-refractivity contribution in [1.82, 2.24) is 9.96 Å². The van der Waals surface area contributed by atoms with Crippen molar-refractivity contribution in [3.63, 3.8) is 0 Å². The smallest absolute Gasteiger partial charge is 0.326 e. The minimum Gasteiger partial charge on any atom is -0.480 e. The molecule has 1 heterocycles. The van der Waals surface area contributed by atoms with E-state index >= 15 is 0 Å². The molecule has 1 aliphatic rings. The van der Waals surface area contributed by atoms with E-state index in [0.717, 1.165) is 12.8 Å². The molecule has 22 heavy (non-hydrogen) atoms. The Morgan fingerprint density at radius 3 is 2.68 bits per heavy atom. The molecular formula is C14H24N2O6. The molecule has 2 amide bonds. The second-order valence-electron chi connectivity index (χ2n) is 5.50. The van der Waals surface area contributed by atoms with E-state index in [4.69, 9.17) is 4.74 Å². The number of methoxy groups -OCH3 is 1. The summed E-state index contributed by atoms with van der Waals surface area (Å²) in [5, 5.41) is 19.0. The second-order valence-corrected chi connectivity index (χ2v) is 5.50. The Hall–Kier alpha value is -1.67. The number of hydroxylamine groups is 2. The third kappa shape index (κ3) is 4.67. The van der Waals surface area contributed by atoms with Gasteiger partial charge >= 0.3 is 5.97 Å². The van der Waals surface area contributed by atoms with Crippen LogP contribution in [-0.2, 0) is 19.1 Å². The van der Waals surface area contributed by atoms with Gasteiger partial charge in [-0.05, 0) is 6.42 Å². The quantitative estimate of drug-likeness (QED) is 0.361. The van der Waals surface area contributed by atoms with Crippen molar-refractivity contribution in [2.45, 2.75) is 44.8 Å². The van der Waals surface area contributed by atoms with Gasteiger partial charge < -0.3 is 14.7 Å². The predicted octanol–water partition coefficient (Wildman–Crippen LogP) is 0.341. The van der Waals surface area contributed by atoms with Gasteiger partial charge in [0.1, 0.15) is 6.04 Å². The standard InChI is InChI=1S/C14H24N2O6/c1-3-4-5-10(7-15(21)9-17)13(18)16-8-11(22-2)6-12(16)14(19)20/h9-12,21H,3-8H2,1-2H3,(H,19,20)/t10-,11?,12?/m1/s1. The molecule has 1 saturated heterocycles. The summed E-state index contributed by atoms with van der Waals surface area (Å²) in [6.45, 7) is 2.04. The summed E-state index contributed by atoms with van der Waals surface area (Å²) in [6, 6.07) is -0.926. The minimum absolute atomic E-state index is 0.136. The summed E-state index contributed by atoms with van der Waals surface area (Å²) in [4.78, 5) is 35.8. The molecule has 0 spiro atoms.